The van der Waals surface area contributed by atoms with E-state index in [0.29, 0.717) is 12.1 Å². The molecule has 0 saturated heterocycles. The van der Waals surface area contributed by atoms with Gasteiger partial charge in [0.25, 0.3) is 0 Å². The molecule has 1 aliphatic heterocycles. The van der Waals surface area contributed by atoms with Crippen molar-refractivity contribution in [3.05, 3.63) is 58.1 Å². The summed E-state index contributed by atoms with van der Waals surface area (Å²) in [5.41, 5.74) is 2.73. The van der Waals surface area contributed by atoms with Crippen molar-refractivity contribution in [2.75, 3.05) is 11.4 Å². The third-order valence-electron chi connectivity index (χ3n) is 4.15. The molecular weight excluding hydrogens is 386 g/mol. The number of amides is 1. The molecule has 2 aromatic carbocycles. The molecule has 0 N–H and O–H groups in total. The smallest absolute Gasteiger partial charge is 0.223 e. The Bertz CT molecular complexity index is 806. The minimum absolute atomic E-state index is 0.0469. The van der Waals surface area contributed by atoms with Crippen molar-refractivity contribution < 1.29 is 9.59 Å². The van der Waals surface area contributed by atoms with Crippen molar-refractivity contribution in [2.45, 2.75) is 30.4 Å². The van der Waals surface area contributed by atoms with Gasteiger partial charge in [-0.25, -0.2) is 0 Å². The lowest BCUT2D eigenvalue weighted by Crippen LogP contribution is -2.25. The van der Waals surface area contributed by atoms with E-state index in [1.165, 1.54) is 0 Å². The number of hydrogen-bond acceptors (Lipinski definition) is 3. The molecule has 1 atom stereocenters. The van der Waals surface area contributed by atoms with Gasteiger partial charge in [-0.15, -0.1) is 11.8 Å². The van der Waals surface area contributed by atoms with Crippen LogP contribution >= 0.6 is 27.7 Å². The standard InChI is InChI=1S/C19H18BrNO2S/c1-12(24-18-6-4-3-5-16(18)20)19(23)15-7-8-17-14(11-15)9-10-21(17)13(2)22/h3-8,11-12H,9-10H2,1-2H3. The first-order valence-electron chi connectivity index (χ1n) is 7.84. The lowest BCUT2D eigenvalue weighted by atomic mass is 10.0. The van der Waals surface area contributed by atoms with Gasteiger partial charge in [0.1, 0.15) is 0 Å². The van der Waals surface area contributed by atoms with Crippen LogP contribution < -0.4 is 4.90 Å². The Morgan fingerprint density at radius 2 is 1.96 bits per heavy atom. The minimum Gasteiger partial charge on any atom is -0.312 e. The number of carbonyl (C=O) groups excluding carboxylic acids is 2. The van der Waals surface area contributed by atoms with Gasteiger partial charge < -0.3 is 4.90 Å². The summed E-state index contributed by atoms with van der Waals surface area (Å²) in [6, 6.07) is 13.6. The van der Waals surface area contributed by atoms with E-state index in [2.05, 4.69) is 15.9 Å². The first-order chi connectivity index (χ1) is 11.5. The van der Waals surface area contributed by atoms with E-state index in [4.69, 9.17) is 0 Å². The molecule has 0 bridgehead atoms. The molecule has 0 saturated carbocycles. The number of anilines is 1. The monoisotopic (exact) mass is 403 g/mol. The van der Waals surface area contributed by atoms with Gasteiger partial charge in [0.05, 0.1) is 5.25 Å². The number of nitrogens with zero attached hydrogens (tertiary/aromatic N) is 1. The molecule has 1 aliphatic rings. The lowest BCUT2D eigenvalue weighted by molar-refractivity contribution is -0.116. The third kappa shape index (κ3) is 3.42. The number of Topliss-reactive ketones (excluding diaryl/α,β-unsaturated/α-hetero) is 1. The second kappa shape index (κ2) is 7.11. The van der Waals surface area contributed by atoms with Crippen molar-refractivity contribution >= 4 is 45.1 Å². The van der Waals surface area contributed by atoms with Crippen LogP contribution in [-0.4, -0.2) is 23.5 Å². The molecule has 124 valence electrons. The number of rotatable bonds is 4. The van der Waals surface area contributed by atoms with Gasteiger partial charge in [-0.3, -0.25) is 9.59 Å². The van der Waals surface area contributed by atoms with E-state index in [0.717, 1.165) is 27.0 Å². The quantitative estimate of drug-likeness (QED) is 0.547. The van der Waals surface area contributed by atoms with E-state index >= 15 is 0 Å². The van der Waals surface area contributed by atoms with Gasteiger partial charge in [0, 0.05) is 34.1 Å². The fraction of sp³-hybridized carbons (Fsp3) is 0.263. The van der Waals surface area contributed by atoms with Crippen LogP contribution in [0.3, 0.4) is 0 Å². The highest BCUT2D eigenvalue weighted by Crippen LogP contribution is 2.33. The molecule has 2 aromatic rings. The van der Waals surface area contributed by atoms with E-state index in [9.17, 15) is 9.59 Å². The van der Waals surface area contributed by atoms with Gasteiger partial charge in [0.2, 0.25) is 5.91 Å². The van der Waals surface area contributed by atoms with Crippen LogP contribution in [0.15, 0.2) is 51.8 Å². The Labute approximate surface area is 154 Å². The number of ketones is 1. The summed E-state index contributed by atoms with van der Waals surface area (Å²) in [6.07, 6.45) is 0.807. The predicted octanol–water partition coefficient (Wildman–Crippen LogP) is 4.72. The van der Waals surface area contributed by atoms with Gasteiger partial charge in [-0.05, 0) is 65.2 Å². The second-order valence-corrected chi connectivity index (χ2v) is 8.06. The number of carbonyl (C=O) groups is 2. The average Bonchev–Trinajstić information content (AvgIpc) is 2.99. The van der Waals surface area contributed by atoms with Crippen molar-refractivity contribution in [3.8, 4) is 0 Å². The molecule has 1 unspecified atom stereocenters. The fourth-order valence-electron chi connectivity index (χ4n) is 2.90. The summed E-state index contributed by atoms with van der Waals surface area (Å²) in [7, 11) is 0. The zero-order valence-corrected chi connectivity index (χ0v) is 16.0. The minimum atomic E-state index is -0.174. The second-order valence-electron chi connectivity index (χ2n) is 5.82. The van der Waals surface area contributed by atoms with Crippen LogP contribution in [0.5, 0.6) is 0 Å². The van der Waals surface area contributed by atoms with Crippen molar-refractivity contribution in [1.82, 2.24) is 0 Å². The van der Waals surface area contributed by atoms with Crippen LogP contribution in [0, 0.1) is 0 Å². The molecular formula is C19H18BrNO2S. The maximum atomic E-state index is 12.8. The van der Waals surface area contributed by atoms with E-state index < -0.39 is 0 Å². The SMILES string of the molecule is CC(=O)N1CCc2cc(C(=O)C(C)Sc3ccccc3Br)ccc21. The number of benzene rings is 2. The number of thioether (sulfide) groups is 1. The molecule has 0 fully saturated rings. The Kier molecular flexibility index (Phi) is 5.11. The first kappa shape index (κ1) is 17.2. The lowest BCUT2D eigenvalue weighted by Gasteiger charge is -2.15. The Morgan fingerprint density at radius 3 is 2.67 bits per heavy atom. The summed E-state index contributed by atoms with van der Waals surface area (Å²) in [6.45, 7) is 4.20. The Balaban J connectivity index is 1.78. The van der Waals surface area contributed by atoms with Crippen molar-refractivity contribution in [3.63, 3.8) is 0 Å². The number of fused-ring (bicyclic) bond motifs is 1. The topological polar surface area (TPSA) is 37.4 Å². The number of hydrogen-bond donors (Lipinski definition) is 0. The molecule has 1 heterocycles. The average molecular weight is 404 g/mol. The molecule has 3 nitrogen and oxygen atoms in total. The van der Waals surface area contributed by atoms with Crippen LogP contribution in [0.25, 0.3) is 0 Å². The molecule has 0 aliphatic carbocycles. The maximum Gasteiger partial charge on any atom is 0.223 e. The van der Waals surface area contributed by atoms with Crippen molar-refractivity contribution in [2.24, 2.45) is 0 Å². The summed E-state index contributed by atoms with van der Waals surface area (Å²) in [4.78, 5) is 27.2. The zero-order valence-electron chi connectivity index (χ0n) is 13.6. The molecule has 0 spiro atoms. The fourth-order valence-corrected chi connectivity index (χ4v) is 4.43. The highest BCUT2D eigenvalue weighted by molar-refractivity contribution is 9.10. The summed E-state index contributed by atoms with van der Waals surface area (Å²) in [5, 5.41) is -0.174. The molecule has 5 heteroatoms. The maximum absolute atomic E-state index is 12.8. The van der Waals surface area contributed by atoms with Gasteiger partial charge in [-0.1, -0.05) is 12.1 Å². The van der Waals surface area contributed by atoms with Crippen molar-refractivity contribution in [1.29, 1.82) is 0 Å². The van der Waals surface area contributed by atoms with E-state index in [1.54, 1.807) is 23.6 Å². The highest BCUT2D eigenvalue weighted by Gasteiger charge is 2.24. The zero-order chi connectivity index (χ0) is 17.3. The summed E-state index contributed by atoms with van der Waals surface area (Å²) in [5.74, 6) is 0.158. The van der Waals surface area contributed by atoms with Crippen LogP contribution in [0.2, 0.25) is 0 Å². The summed E-state index contributed by atoms with van der Waals surface area (Å²) < 4.78 is 1.00. The normalized spacial score (nSPS) is 14.4. The van der Waals surface area contributed by atoms with Crippen LogP contribution in [-0.2, 0) is 11.2 Å². The first-order valence-corrected chi connectivity index (χ1v) is 9.51. The molecule has 24 heavy (non-hydrogen) atoms. The molecule has 0 radical (unpaired) electrons. The van der Waals surface area contributed by atoms with Gasteiger partial charge in [-0.2, -0.15) is 0 Å². The van der Waals surface area contributed by atoms with E-state index in [-0.39, 0.29) is 16.9 Å². The molecule has 1 amide bonds. The Hall–Kier alpha value is -1.59. The largest absolute Gasteiger partial charge is 0.312 e. The van der Waals surface area contributed by atoms with Gasteiger partial charge in [0.15, 0.2) is 5.78 Å². The summed E-state index contributed by atoms with van der Waals surface area (Å²) >= 11 is 5.07. The highest BCUT2D eigenvalue weighted by atomic mass is 79.9. The molecule has 3 rings (SSSR count). The van der Waals surface area contributed by atoms with Crippen LogP contribution in [0.1, 0.15) is 29.8 Å². The third-order valence-corrected chi connectivity index (χ3v) is 6.28. The Morgan fingerprint density at radius 1 is 1.21 bits per heavy atom. The van der Waals surface area contributed by atoms with E-state index in [1.807, 2.05) is 49.4 Å². The molecule has 0 aromatic heterocycles. The van der Waals surface area contributed by atoms with Gasteiger partial charge >= 0.3 is 0 Å². The number of halogens is 1. The van der Waals surface area contributed by atoms with Crippen LogP contribution in [0.4, 0.5) is 5.69 Å². The predicted molar refractivity (Wildman–Crippen MR) is 102 cm³/mol.